The number of rotatable bonds is 8. The minimum Gasteiger partial charge on any atom is -0.483 e. The Balaban J connectivity index is 1.84. The van der Waals surface area contributed by atoms with E-state index in [4.69, 9.17) is 4.74 Å². The van der Waals surface area contributed by atoms with E-state index in [1.54, 1.807) is 0 Å². The molecular weight excluding hydrogens is 442 g/mol. The Kier molecular flexibility index (Phi) is 7.85. The molecule has 2 rings (SSSR count). The lowest BCUT2D eigenvalue weighted by Gasteiger charge is -2.11. The van der Waals surface area contributed by atoms with Crippen molar-refractivity contribution < 1.29 is 19.1 Å². The second kappa shape index (κ2) is 9.89. The van der Waals surface area contributed by atoms with Gasteiger partial charge in [0.05, 0.1) is 17.3 Å². The number of carbonyl (C=O) groups is 2. The highest BCUT2D eigenvalue weighted by Crippen LogP contribution is 2.29. The Labute approximate surface area is 168 Å². The maximum absolute atomic E-state index is 12.0. The lowest BCUT2D eigenvalue weighted by atomic mass is 10.0. The fourth-order valence-electron chi connectivity index (χ4n) is 1.79. The predicted octanol–water partition coefficient (Wildman–Crippen LogP) is 3.71. The monoisotopic (exact) mass is 459 g/mol. The van der Waals surface area contributed by atoms with E-state index in [1.807, 2.05) is 18.2 Å². The number of halogens is 1. The number of amides is 1. The lowest BCUT2D eigenvalue weighted by Crippen LogP contribution is -2.20. The van der Waals surface area contributed by atoms with Gasteiger partial charge in [-0.3, -0.25) is 14.9 Å². The van der Waals surface area contributed by atoms with Crippen LogP contribution in [0.25, 0.3) is 0 Å². The van der Waals surface area contributed by atoms with Crippen LogP contribution in [0, 0.1) is 0 Å². The molecule has 0 spiro atoms. The van der Waals surface area contributed by atoms with E-state index in [0.29, 0.717) is 21.1 Å². The SMILES string of the molecule is COC(=O)CSc1nnc(NC(=O)COc2ccc(C(C)C)cc2Br)s1. The minimum atomic E-state index is -0.349. The van der Waals surface area contributed by atoms with Crippen LogP contribution in [0.2, 0.25) is 0 Å². The van der Waals surface area contributed by atoms with Gasteiger partial charge in [-0.05, 0) is 39.5 Å². The van der Waals surface area contributed by atoms with Gasteiger partial charge in [-0.25, -0.2) is 0 Å². The van der Waals surface area contributed by atoms with Crippen LogP contribution in [0.4, 0.5) is 5.13 Å². The summed E-state index contributed by atoms with van der Waals surface area (Å²) in [6.45, 7) is 4.06. The smallest absolute Gasteiger partial charge is 0.316 e. The van der Waals surface area contributed by atoms with Crippen molar-refractivity contribution in [2.24, 2.45) is 0 Å². The van der Waals surface area contributed by atoms with Gasteiger partial charge < -0.3 is 9.47 Å². The zero-order chi connectivity index (χ0) is 19.1. The van der Waals surface area contributed by atoms with Gasteiger partial charge in [0.2, 0.25) is 5.13 Å². The third-order valence-electron chi connectivity index (χ3n) is 3.18. The molecule has 0 radical (unpaired) electrons. The molecule has 0 aliphatic heterocycles. The molecule has 140 valence electrons. The summed E-state index contributed by atoms with van der Waals surface area (Å²) in [7, 11) is 1.32. The molecular formula is C16H18BrN3O4S2. The van der Waals surface area contributed by atoms with Crippen LogP contribution >= 0.6 is 39.0 Å². The van der Waals surface area contributed by atoms with E-state index in [1.165, 1.54) is 35.8 Å². The number of anilines is 1. The van der Waals surface area contributed by atoms with Gasteiger partial charge in [0.15, 0.2) is 10.9 Å². The summed E-state index contributed by atoms with van der Waals surface area (Å²) in [4.78, 5) is 23.1. The molecule has 0 unspecified atom stereocenters. The highest BCUT2D eigenvalue weighted by molar-refractivity contribution is 9.10. The summed E-state index contributed by atoms with van der Waals surface area (Å²) in [6.07, 6.45) is 0. The second-order valence-corrected chi connectivity index (χ2v) is 8.47. The first-order valence-electron chi connectivity index (χ1n) is 7.64. The van der Waals surface area contributed by atoms with E-state index < -0.39 is 0 Å². The number of thioether (sulfide) groups is 1. The van der Waals surface area contributed by atoms with E-state index >= 15 is 0 Å². The number of esters is 1. The molecule has 1 aromatic carbocycles. The molecule has 7 nitrogen and oxygen atoms in total. The Morgan fingerprint density at radius 2 is 2.12 bits per heavy atom. The van der Waals surface area contributed by atoms with E-state index in [9.17, 15) is 9.59 Å². The van der Waals surface area contributed by atoms with E-state index in [-0.39, 0.29) is 24.2 Å². The third kappa shape index (κ3) is 6.26. The number of methoxy groups -OCH3 is 1. The number of hydrogen-bond donors (Lipinski definition) is 1. The summed E-state index contributed by atoms with van der Waals surface area (Å²) in [5.41, 5.74) is 1.18. The van der Waals surface area contributed by atoms with Crippen molar-refractivity contribution in [1.82, 2.24) is 10.2 Å². The average molecular weight is 460 g/mol. The Morgan fingerprint density at radius 3 is 2.77 bits per heavy atom. The molecule has 0 saturated carbocycles. The van der Waals surface area contributed by atoms with Gasteiger partial charge in [-0.1, -0.05) is 43.0 Å². The van der Waals surface area contributed by atoms with Crippen molar-refractivity contribution >= 4 is 56.0 Å². The molecule has 0 aliphatic rings. The molecule has 1 N–H and O–H groups in total. The van der Waals surface area contributed by atoms with Gasteiger partial charge >= 0.3 is 5.97 Å². The van der Waals surface area contributed by atoms with Gasteiger partial charge in [0.25, 0.3) is 5.91 Å². The van der Waals surface area contributed by atoms with Crippen LogP contribution in [0.5, 0.6) is 5.75 Å². The van der Waals surface area contributed by atoms with Crippen molar-refractivity contribution in [3.05, 3.63) is 28.2 Å². The summed E-state index contributed by atoms with van der Waals surface area (Å²) in [6, 6.07) is 5.78. The predicted molar refractivity (Wildman–Crippen MR) is 105 cm³/mol. The Bertz CT molecular complexity index is 783. The average Bonchev–Trinajstić information content (AvgIpc) is 3.05. The second-order valence-electron chi connectivity index (χ2n) is 5.42. The molecule has 0 fully saturated rings. The molecule has 0 atom stereocenters. The van der Waals surface area contributed by atoms with Crippen LogP contribution in [0.15, 0.2) is 27.0 Å². The topological polar surface area (TPSA) is 90.4 Å². The molecule has 26 heavy (non-hydrogen) atoms. The highest BCUT2D eigenvalue weighted by atomic mass is 79.9. The van der Waals surface area contributed by atoms with Gasteiger partial charge in [0.1, 0.15) is 5.75 Å². The maximum Gasteiger partial charge on any atom is 0.316 e. The Hall–Kier alpha value is -1.65. The number of hydrogen-bond acceptors (Lipinski definition) is 8. The normalized spacial score (nSPS) is 10.7. The molecule has 2 aromatic rings. The molecule has 1 heterocycles. The van der Waals surface area contributed by atoms with Crippen LogP contribution in [0.3, 0.4) is 0 Å². The van der Waals surface area contributed by atoms with Crippen molar-refractivity contribution in [2.45, 2.75) is 24.1 Å². The molecule has 1 amide bonds. The highest BCUT2D eigenvalue weighted by Gasteiger charge is 2.12. The fourth-order valence-corrected chi connectivity index (χ4v) is 3.90. The molecule has 0 saturated heterocycles. The standard InChI is InChI=1S/C16H18BrN3O4S2/c1-9(2)10-4-5-12(11(17)6-10)24-7-13(21)18-15-19-20-16(26-15)25-8-14(22)23-3/h4-6,9H,7-8H2,1-3H3,(H,18,19,21). The number of benzene rings is 1. The van der Waals surface area contributed by atoms with Gasteiger partial charge in [-0.15, -0.1) is 10.2 Å². The lowest BCUT2D eigenvalue weighted by molar-refractivity contribution is -0.137. The number of ether oxygens (including phenoxy) is 2. The van der Waals surface area contributed by atoms with Crippen LogP contribution < -0.4 is 10.1 Å². The molecule has 10 heteroatoms. The van der Waals surface area contributed by atoms with Gasteiger partial charge in [-0.2, -0.15) is 0 Å². The summed E-state index contributed by atoms with van der Waals surface area (Å²) < 4.78 is 11.5. The number of nitrogens with zero attached hydrogens (tertiary/aromatic N) is 2. The van der Waals surface area contributed by atoms with Crippen molar-refractivity contribution in [3.63, 3.8) is 0 Å². The van der Waals surface area contributed by atoms with Crippen LogP contribution in [-0.2, 0) is 14.3 Å². The maximum atomic E-state index is 12.0. The molecule has 0 aliphatic carbocycles. The first kappa shape index (κ1) is 20.7. The molecule has 0 bridgehead atoms. The fraction of sp³-hybridized carbons (Fsp3) is 0.375. The Morgan fingerprint density at radius 1 is 1.35 bits per heavy atom. The van der Waals surface area contributed by atoms with Crippen LogP contribution in [0.1, 0.15) is 25.3 Å². The molecule has 1 aromatic heterocycles. The number of carbonyl (C=O) groups excluding carboxylic acids is 2. The number of aromatic nitrogens is 2. The van der Waals surface area contributed by atoms with Crippen molar-refractivity contribution in [3.8, 4) is 5.75 Å². The zero-order valence-corrected chi connectivity index (χ0v) is 17.7. The summed E-state index contributed by atoms with van der Waals surface area (Å²) in [5, 5.41) is 10.7. The first-order valence-corrected chi connectivity index (χ1v) is 10.2. The van der Waals surface area contributed by atoms with Crippen molar-refractivity contribution in [2.75, 3.05) is 24.8 Å². The van der Waals surface area contributed by atoms with Crippen molar-refractivity contribution in [1.29, 1.82) is 0 Å². The quantitative estimate of drug-likeness (QED) is 0.365. The largest absolute Gasteiger partial charge is 0.483 e. The summed E-state index contributed by atoms with van der Waals surface area (Å²) >= 11 is 5.83. The van der Waals surface area contributed by atoms with E-state index in [0.717, 1.165) is 4.47 Å². The third-order valence-corrected chi connectivity index (χ3v) is 5.74. The minimum absolute atomic E-state index is 0.141. The number of nitrogens with one attached hydrogen (secondary N) is 1. The summed E-state index contributed by atoms with van der Waals surface area (Å²) in [5.74, 6) is 0.454. The van der Waals surface area contributed by atoms with Gasteiger partial charge in [0, 0.05) is 0 Å². The first-order chi connectivity index (χ1) is 12.4. The van der Waals surface area contributed by atoms with Crippen LogP contribution in [-0.4, -0.2) is 41.5 Å². The van der Waals surface area contributed by atoms with E-state index in [2.05, 4.69) is 50.0 Å². The zero-order valence-electron chi connectivity index (χ0n) is 14.4.